The summed E-state index contributed by atoms with van der Waals surface area (Å²) in [7, 11) is 3.40. The minimum absolute atomic E-state index is 0. The van der Waals surface area contributed by atoms with Gasteiger partial charge in [0, 0.05) is 45.6 Å². The van der Waals surface area contributed by atoms with E-state index in [-0.39, 0.29) is 31.0 Å². The largest absolute Gasteiger partial charge is 0.481 e. The average Bonchev–Trinajstić information content (AvgIpc) is 3.07. The molecule has 0 spiro atoms. The molecular weight excluding hydrogens is 380 g/mol. The molecule has 0 amide bonds. The number of hydrogen-bond acceptors (Lipinski definition) is 6. The number of halogens is 1. The zero-order valence-electron chi connectivity index (χ0n) is 16.9. The molecule has 1 aliphatic heterocycles. The topological polar surface area (TPSA) is 68.6 Å². The summed E-state index contributed by atoms with van der Waals surface area (Å²) in [6.07, 6.45) is 3.84. The standard InChI is InChI=1S/C20H28N4O3.ClH/c1-14-9-16(10-15(2)19(14)27-13-18(25)26-4)12-24-8-5-21-11-17(24)20-22-6-7-23(20)3;/h6-7,9-10,17,21H,5,8,11-13H2,1-4H3;1H. The normalized spacial score (nSPS) is 17.1. The second-order valence-electron chi connectivity index (χ2n) is 7.01. The van der Waals surface area contributed by atoms with E-state index in [9.17, 15) is 4.79 Å². The number of esters is 1. The maximum atomic E-state index is 11.3. The molecule has 8 heteroatoms. The van der Waals surface area contributed by atoms with Crippen LogP contribution in [0.2, 0.25) is 0 Å². The number of aryl methyl sites for hydroxylation is 3. The summed E-state index contributed by atoms with van der Waals surface area (Å²) in [6, 6.07) is 4.52. The highest BCUT2D eigenvalue weighted by Gasteiger charge is 2.27. The van der Waals surface area contributed by atoms with Crippen molar-refractivity contribution in [3.8, 4) is 5.75 Å². The van der Waals surface area contributed by atoms with Crippen LogP contribution in [0.25, 0.3) is 0 Å². The van der Waals surface area contributed by atoms with Crippen LogP contribution in [0, 0.1) is 13.8 Å². The van der Waals surface area contributed by atoms with Crippen molar-refractivity contribution in [2.24, 2.45) is 7.05 Å². The van der Waals surface area contributed by atoms with Gasteiger partial charge in [-0.05, 0) is 30.5 Å². The number of methoxy groups -OCH3 is 1. The van der Waals surface area contributed by atoms with Crippen LogP contribution in [-0.2, 0) is 23.1 Å². The molecule has 1 saturated heterocycles. The van der Waals surface area contributed by atoms with Crippen molar-refractivity contribution in [1.82, 2.24) is 19.8 Å². The fraction of sp³-hybridized carbons (Fsp3) is 0.500. The molecule has 1 aromatic carbocycles. The Morgan fingerprint density at radius 2 is 2.04 bits per heavy atom. The molecule has 0 saturated carbocycles. The minimum atomic E-state index is -0.378. The van der Waals surface area contributed by atoms with Crippen molar-refractivity contribution in [2.45, 2.75) is 26.4 Å². The van der Waals surface area contributed by atoms with E-state index >= 15 is 0 Å². The molecular formula is C20H29ClN4O3. The number of nitrogens with zero attached hydrogens (tertiary/aromatic N) is 3. The van der Waals surface area contributed by atoms with Gasteiger partial charge in [0.2, 0.25) is 0 Å². The molecule has 3 rings (SSSR count). The van der Waals surface area contributed by atoms with Crippen LogP contribution in [0.4, 0.5) is 0 Å². The van der Waals surface area contributed by atoms with E-state index in [4.69, 9.17) is 4.74 Å². The first-order chi connectivity index (χ1) is 13.0. The molecule has 1 N–H and O–H groups in total. The molecule has 0 aliphatic carbocycles. The number of carbonyl (C=O) groups excluding carboxylic acids is 1. The molecule has 0 bridgehead atoms. The highest BCUT2D eigenvalue weighted by Crippen LogP contribution is 2.28. The van der Waals surface area contributed by atoms with Crippen molar-refractivity contribution in [3.63, 3.8) is 0 Å². The van der Waals surface area contributed by atoms with Crippen molar-refractivity contribution >= 4 is 18.4 Å². The molecule has 28 heavy (non-hydrogen) atoms. The van der Waals surface area contributed by atoms with Gasteiger partial charge in [0.25, 0.3) is 0 Å². The lowest BCUT2D eigenvalue weighted by molar-refractivity contribution is -0.142. The quantitative estimate of drug-likeness (QED) is 0.739. The fourth-order valence-corrected chi connectivity index (χ4v) is 3.67. The third kappa shape index (κ3) is 5.04. The van der Waals surface area contributed by atoms with E-state index in [1.807, 2.05) is 33.3 Å². The number of piperazine rings is 1. The number of rotatable bonds is 6. The highest BCUT2D eigenvalue weighted by molar-refractivity contribution is 5.85. The zero-order valence-corrected chi connectivity index (χ0v) is 17.7. The van der Waals surface area contributed by atoms with Gasteiger partial charge in [-0.2, -0.15) is 0 Å². The van der Waals surface area contributed by atoms with E-state index < -0.39 is 0 Å². The number of aromatic nitrogens is 2. The summed E-state index contributed by atoms with van der Waals surface area (Å²) in [5, 5.41) is 3.47. The van der Waals surface area contributed by atoms with Gasteiger partial charge in [-0.25, -0.2) is 9.78 Å². The summed E-state index contributed by atoms with van der Waals surface area (Å²) in [6.45, 7) is 7.63. The Hall–Kier alpha value is -2.09. The lowest BCUT2D eigenvalue weighted by atomic mass is 10.0. The summed E-state index contributed by atoms with van der Waals surface area (Å²) in [5.41, 5.74) is 3.28. The molecule has 0 radical (unpaired) electrons. The van der Waals surface area contributed by atoms with Crippen LogP contribution in [0.1, 0.15) is 28.6 Å². The van der Waals surface area contributed by atoms with Crippen LogP contribution in [0.15, 0.2) is 24.5 Å². The van der Waals surface area contributed by atoms with E-state index in [0.29, 0.717) is 0 Å². The maximum absolute atomic E-state index is 11.3. The molecule has 1 aromatic heterocycles. The molecule has 7 nitrogen and oxygen atoms in total. The summed E-state index contributed by atoms with van der Waals surface area (Å²) >= 11 is 0. The first-order valence-corrected chi connectivity index (χ1v) is 9.21. The second kappa shape index (κ2) is 9.91. The highest BCUT2D eigenvalue weighted by atomic mass is 35.5. The monoisotopic (exact) mass is 408 g/mol. The first-order valence-electron chi connectivity index (χ1n) is 9.21. The lowest BCUT2D eigenvalue weighted by Gasteiger charge is -2.36. The van der Waals surface area contributed by atoms with E-state index in [0.717, 1.165) is 48.9 Å². The Labute approximate surface area is 172 Å². The molecule has 2 heterocycles. The molecule has 2 aromatic rings. The van der Waals surface area contributed by atoms with Gasteiger partial charge in [0.1, 0.15) is 11.6 Å². The Balaban J connectivity index is 0.00000280. The van der Waals surface area contributed by atoms with E-state index in [1.54, 1.807) is 0 Å². The predicted molar refractivity (Wildman–Crippen MR) is 110 cm³/mol. The van der Waals surface area contributed by atoms with Gasteiger partial charge < -0.3 is 19.4 Å². The van der Waals surface area contributed by atoms with Crippen molar-refractivity contribution in [1.29, 1.82) is 0 Å². The van der Waals surface area contributed by atoms with Crippen LogP contribution < -0.4 is 10.1 Å². The summed E-state index contributed by atoms with van der Waals surface area (Å²) < 4.78 is 12.4. The first kappa shape index (κ1) is 22.2. The fourth-order valence-electron chi connectivity index (χ4n) is 3.67. The van der Waals surface area contributed by atoms with E-state index in [2.05, 4.69) is 36.6 Å². The van der Waals surface area contributed by atoms with Crippen LogP contribution >= 0.6 is 12.4 Å². The number of carbonyl (C=O) groups is 1. The predicted octanol–water partition coefficient (Wildman–Crippen LogP) is 2.16. The molecule has 1 aliphatic rings. The lowest BCUT2D eigenvalue weighted by Crippen LogP contribution is -2.46. The third-order valence-electron chi connectivity index (χ3n) is 4.98. The van der Waals surface area contributed by atoms with Crippen molar-refractivity contribution < 1.29 is 14.3 Å². The second-order valence-corrected chi connectivity index (χ2v) is 7.01. The Bertz CT molecular complexity index is 785. The van der Waals surface area contributed by atoms with Crippen LogP contribution in [0.5, 0.6) is 5.75 Å². The average molecular weight is 409 g/mol. The minimum Gasteiger partial charge on any atom is -0.481 e. The van der Waals surface area contributed by atoms with Gasteiger partial charge in [0.15, 0.2) is 6.61 Å². The van der Waals surface area contributed by atoms with Crippen LogP contribution in [0.3, 0.4) is 0 Å². The number of hydrogen-bond donors (Lipinski definition) is 1. The smallest absolute Gasteiger partial charge is 0.343 e. The third-order valence-corrected chi connectivity index (χ3v) is 4.98. The van der Waals surface area contributed by atoms with Gasteiger partial charge >= 0.3 is 5.97 Å². The number of nitrogens with one attached hydrogen (secondary N) is 1. The zero-order chi connectivity index (χ0) is 19.4. The number of imidazole rings is 1. The Kier molecular flexibility index (Phi) is 7.86. The number of ether oxygens (including phenoxy) is 2. The molecule has 1 unspecified atom stereocenters. The Morgan fingerprint density at radius 3 is 2.64 bits per heavy atom. The van der Waals surface area contributed by atoms with Gasteiger partial charge in [-0.1, -0.05) is 12.1 Å². The van der Waals surface area contributed by atoms with Crippen molar-refractivity contribution in [2.75, 3.05) is 33.4 Å². The van der Waals surface area contributed by atoms with Gasteiger partial charge in [0.05, 0.1) is 13.2 Å². The Morgan fingerprint density at radius 1 is 1.32 bits per heavy atom. The molecule has 1 atom stereocenters. The van der Waals surface area contributed by atoms with Crippen LogP contribution in [-0.4, -0.2) is 53.8 Å². The summed E-state index contributed by atoms with van der Waals surface area (Å²) in [4.78, 5) is 18.4. The van der Waals surface area contributed by atoms with Gasteiger partial charge in [-0.15, -0.1) is 12.4 Å². The summed E-state index contributed by atoms with van der Waals surface area (Å²) in [5.74, 6) is 1.45. The van der Waals surface area contributed by atoms with E-state index in [1.165, 1.54) is 12.7 Å². The SMILES string of the molecule is COC(=O)COc1c(C)cc(CN2CCNCC2c2nccn2C)cc1C.Cl. The van der Waals surface area contributed by atoms with Crippen molar-refractivity contribution in [3.05, 3.63) is 47.0 Å². The van der Waals surface area contributed by atoms with Gasteiger partial charge in [-0.3, -0.25) is 4.90 Å². The molecule has 1 fully saturated rings. The maximum Gasteiger partial charge on any atom is 0.343 e. The number of benzene rings is 1. The molecule has 154 valence electrons.